The molecule has 2 aromatic heterocycles. The van der Waals surface area contributed by atoms with Gasteiger partial charge in [-0.1, -0.05) is 30.3 Å². The fourth-order valence-corrected chi connectivity index (χ4v) is 3.18. The lowest BCUT2D eigenvalue weighted by atomic mass is 10.2. The predicted octanol–water partition coefficient (Wildman–Crippen LogP) is 2.67. The number of carbonyl (C=O) groups is 1. The van der Waals surface area contributed by atoms with Crippen LogP contribution >= 0.6 is 0 Å². The summed E-state index contributed by atoms with van der Waals surface area (Å²) in [6, 6.07) is 19.2. The van der Waals surface area contributed by atoms with Crippen molar-refractivity contribution in [2.45, 2.75) is 6.54 Å². The van der Waals surface area contributed by atoms with E-state index in [2.05, 4.69) is 25.9 Å². The van der Waals surface area contributed by atoms with Crippen molar-refractivity contribution in [2.75, 3.05) is 17.7 Å². The van der Waals surface area contributed by atoms with Crippen LogP contribution in [0.1, 0.15) is 5.56 Å². The molecule has 0 radical (unpaired) electrons. The van der Waals surface area contributed by atoms with Gasteiger partial charge in [-0.3, -0.25) is 9.88 Å². The Morgan fingerprint density at radius 1 is 1.00 bits per heavy atom. The molecule has 0 aliphatic rings. The molecule has 2 aromatic carbocycles. The third kappa shape index (κ3) is 5.71. The number of carbonyl (C=O) groups excluding carboxylic acids is 1. The maximum atomic E-state index is 12.8. The van der Waals surface area contributed by atoms with Crippen LogP contribution in [0.5, 0.6) is 11.5 Å². The smallest absolute Gasteiger partial charge is 0.354 e. The number of hydrogen-bond acceptors (Lipinski definition) is 7. The van der Waals surface area contributed by atoms with Crippen molar-refractivity contribution in [3.8, 4) is 11.5 Å². The van der Waals surface area contributed by atoms with E-state index < -0.39 is 11.4 Å². The van der Waals surface area contributed by atoms with Crippen LogP contribution in [-0.4, -0.2) is 32.2 Å². The van der Waals surface area contributed by atoms with Gasteiger partial charge in [0.2, 0.25) is 5.95 Å². The molecule has 4 aromatic rings. The highest BCUT2D eigenvalue weighted by molar-refractivity contribution is 5.88. The summed E-state index contributed by atoms with van der Waals surface area (Å²) >= 11 is 0. The molecule has 0 saturated heterocycles. The molecule has 35 heavy (non-hydrogen) atoms. The Morgan fingerprint density at radius 2 is 1.74 bits per heavy atom. The molecule has 0 unspecified atom stereocenters. The van der Waals surface area contributed by atoms with Gasteiger partial charge in [0.15, 0.2) is 0 Å². The lowest BCUT2D eigenvalue weighted by Gasteiger charge is -2.14. The molecule has 2 amide bonds. The summed E-state index contributed by atoms with van der Waals surface area (Å²) in [4.78, 5) is 44.5. The second-order valence-corrected chi connectivity index (χ2v) is 7.46. The Bertz CT molecular complexity index is 1450. The van der Waals surface area contributed by atoms with Gasteiger partial charge in [0, 0.05) is 32.0 Å². The first-order chi connectivity index (χ1) is 16.9. The van der Waals surface area contributed by atoms with Crippen LogP contribution in [0.25, 0.3) is 0 Å². The summed E-state index contributed by atoms with van der Waals surface area (Å²) in [7, 11) is 2.90. The van der Waals surface area contributed by atoms with Crippen molar-refractivity contribution in [3.05, 3.63) is 99.5 Å². The van der Waals surface area contributed by atoms with E-state index in [9.17, 15) is 14.4 Å². The number of ether oxygens (including phenoxy) is 1. The zero-order chi connectivity index (χ0) is 24.8. The van der Waals surface area contributed by atoms with Gasteiger partial charge in [-0.05, 0) is 35.9 Å². The predicted molar refractivity (Wildman–Crippen MR) is 131 cm³/mol. The fourth-order valence-electron chi connectivity index (χ4n) is 3.18. The molecule has 2 heterocycles. The SMILES string of the molecule is CNC(=O)Nc1cc(Oc2ccc(Nc3nc(=O)n(C)c(=O)n3Cc3ccccc3)cc2)ccn1. The Balaban J connectivity index is 1.53. The van der Waals surface area contributed by atoms with Crippen LogP contribution in [0.4, 0.5) is 22.2 Å². The van der Waals surface area contributed by atoms with Crippen LogP contribution in [-0.2, 0) is 13.6 Å². The first-order valence-corrected chi connectivity index (χ1v) is 10.6. The van der Waals surface area contributed by atoms with Crippen molar-refractivity contribution in [1.29, 1.82) is 0 Å². The van der Waals surface area contributed by atoms with E-state index in [1.807, 2.05) is 30.3 Å². The molecule has 0 bridgehead atoms. The van der Waals surface area contributed by atoms with E-state index >= 15 is 0 Å². The van der Waals surface area contributed by atoms with Crippen LogP contribution in [0.2, 0.25) is 0 Å². The highest BCUT2D eigenvalue weighted by Gasteiger charge is 2.12. The van der Waals surface area contributed by atoms with Gasteiger partial charge in [0.1, 0.15) is 17.3 Å². The van der Waals surface area contributed by atoms with Gasteiger partial charge >= 0.3 is 17.4 Å². The first kappa shape index (κ1) is 23.2. The lowest BCUT2D eigenvalue weighted by Crippen LogP contribution is -2.41. The summed E-state index contributed by atoms with van der Waals surface area (Å²) < 4.78 is 8.20. The van der Waals surface area contributed by atoms with Gasteiger partial charge < -0.3 is 15.4 Å². The summed E-state index contributed by atoms with van der Waals surface area (Å²) in [5.74, 6) is 1.49. The van der Waals surface area contributed by atoms with E-state index in [4.69, 9.17) is 4.74 Å². The number of amides is 2. The minimum atomic E-state index is -0.652. The molecule has 0 aliphatic carbocycles. The van der Waals surface area contributed by atoms with E-state index in [0.29, 0.717) is 23.0 Å². The average Bonchev–Trinajstić information content (AvgIpc) is 2.87. The molecule has 0 aliphatic heterocycles. The van der Waals surface area contributed by atoms with Crippen molar-refractivity contribution in [1.82, 2.24) is 24.4 Å². The maximum Gasteiger partial charge on any atom is 0.354 e. The number of pyridine rings is 1. The monoisotopic (exact) mass is 473 g/mol. The normalized spacial score (nSPS) is 10.5. The minimum Gasteiger partial charge on any atom is -0.457 e. The van der Waals surface area contributed by atoms with Gasteiger partial charge in [-0.15, -0.1) is 0 Å². The number of benzene rings is 2. The number of anilines is 3. The van der Waals surface area contributed by atoms with Crippen molar-refractivity contribution in [3.63, 3.8) is 0 Å². The van der Waals surface area contributed by atoms with E-state index in [-0.39, 0.29) is 18.5 Å². The van der Waals surface area contributed by atoms with Gasteiger partial charge in [-0.25, -0.2) is 23.9 Å². The van der Waals surface area contributed by atoms with Crippen molar-refractivity contribution in [2.24, 2.45) is 7.05 Å². The summed E-state index contributed by atoms with van der Waals surface area (Å²) in [6.45, 7) is 0.249. The summed E-state index contributed by atoms with van der Waals surface area (Å²) in [5, 5.41) is 8.08. The standard InChI is InChI=1S/C24H23N7O4/c1-25-22(32)28-20-14-19(12-13-26-20)35-18-10-8-17(9-11-18)27-21-29-23(33)30(2)24(34)31(21)15-16-6-4-3-5-7-16/h3-14H,15H2,1-2H3,(H,27,29,33)(H2,25,26,28,32). The fraction of sp³-hybridized carbons (Fsp3) is 0.125. The number of nitrogens with zero attached hydrogens (tertiary/aromatic N) is 4. The van der Waals surface area contributed by atoms with E-state index in [1.165, 1.54) is 24.9 Å². The maximum absolute atomic E-state index is 12.8. The van der Waals surface area contributed by atoms with Crippen LogP contribution in [0, 0.1) is 0 Å². The Kier molecular flexibility index (Phi) is 6.86. The quantitative estimate of drug-likeness (QED) is 0.376. The lowest BCUT2D eigenvalue weighted by molar-refractivity contribution is 0.254. The highest BCUT2D eigenvalue weighted by Crippen LogP contribution is 2.25. The minimum absolute atomic E-state index is 0.134. The number of nitrogens with one attached hydrogen (secondary N) is 3. The molecular formula is C24H23N7O4. The molecule has 0 fully saturated rings. The Labute approximate surface area is 200 Å². The number of aromatic nitrogens is 4. The zero-order valence-electron chi connectivity index (χ0n) is 19.1. The number of rotatable bonds is 7. The largest absolute Gasteiger partial charge is 0.457 e. The molecule has 11 heteroatoms. The molecule has 4 rings (SSSR count). The van der Waals surface area contributed by atoms with Gasteiger partial charge in [-0.2, -0.15) is 4.98 Å². The van der Waals surface area contributed by atoms with E-state index in [0.717, 1.165) is 10.1 Å². The van der Waals surface area contributed by atoms with Crippen LogP contribution in [0.15, 0.2) is 82.5 Å². The highest BCUT2D eigenvalue weighted by atomic mass is 16.5. The van der Waals surface area contributed by atoms with Gasteiger partial charge in [0.05, 0.1) is 6.54 Å². The molecule has 11 nitrogen and oxygen atoms in total. The Morgan fingerprint density at radius 3 is 2.46 bits per heavy atom. The summed E-state index contributed by atoms with van der Waals surface area (Å²) in [5.41, 5.74) is 0.372. The molecule has 178 valence electrons. The second-order valence-electron chi connectivity index (χ2n) is 7.46. The first-order valence-electron chi connectivity index (χ1n) is 10.6. The third-order valence-electron chi connectivity index (χ3n) is 4.99. The van der Waals surface area contributed by atoms with Crippen molar-refractivity contribution < 1.29 is 9.53 Å². The molecule has 3 N–H and O–H groups in total. The topological polar surface area (TPSA) is 132 Å². The zero-order valence-corrected chi connectivity index (χ0v) is 19.1. The average molecular weight is 473 g/mol. The second kappa shape index (κ2) is 10.3. The molecule has 0 saturated carbocycles. The Hall–Kier alpha value is -4.93. The van der Waals surface area contributed by atoms with Gasteiger partial charge in [0.25, 0.3) is 0 Å². The third-order valence-corrected chi connectivity index (χ3v) is 4.99. The van der Waals surface area contributed by atoms with Crippen LogP contribution < -0.4 is 32.1 Å². The van der Waals surface area contributed by atoms with E-state index in [1.54, 1.807) is 36.4 Å². The summed E-state index contributed by atoms with van der Waals surface area (Å²) in [6.07, 6.45) is 1.52. The molecule has 0 atom stereocenters. The number of hydrogen-bond donors (Lipinski definition) is 3. The van der Waals surface area contributed by atoms with Crippen molar-refractivity contribution >= 4 is 23.5 Å². The van der Waals surface area contributed by atoms with Crippen LogP contribution in [0.3, 0.4) is 0 Å². The number of urea groups is 1. The molecule has 0 spiro atoms. The molecular weight excluding hydrogens is 450 g/mol.